The van der Waals surface area contributed by atoms with Crippen molar-refractivity contribution in [3.63, 3.8) is 0 Å². The van der Waals surface area contributed by atoms with Gasteiger partial charge in [0.1, 0.15) is 0 Å². The van der Waals surface area contributed by atoms with Crippen LogP contribution in [0.3, 0.4) is 0 Å². The predicted molar refractivity (Wildman–Crippen MR) is 94.5 cm³/mol. The van der Waals surface area contributed by atoms with Gasteiger partial charge in [-0.3, -0.25) is 0 Å². The van der Waals surface area contributed by atoms with Crippen molar-refractivity contribution in [2.75, 3.05) is 0 Å². The van der Waals surface area contributed by atoms with Gasteiger partial charge in [0.25, 0.3) is 0 Å². The van der Waals surface area contributed by atoms with Gasteiger partial charge in [0.2, 0.25) is 0 Å². The highest BCUT2D eigenvalue weighted by atomic mass is 79.9. The van der Waals surface area contributed by atoms with Gasteiger partial charge in [-0.25, -0.2) is 0 Å². The van der Waals surface area contributed by atoms with Crippen LogP contribution in [0, 0.1) is 0 Å². The Bertz CT molecular complexity index is 561. The highest BCUT2D eigenvalue weighted by Crippen LogP contribution is 2.36. The van der Waals surface area contributed by atoms with Crippen molar-refractivity contribution >= 4 is 15.9 Å². The topological polar surface area (TPSA) is 26.0 Å². The second-order valence-corrected chi connectivity index (χ2v) is 6.49. The Morgan fingerprint density at radius 1 is 0.952 bits per heavy atom. The lowest BCUT2D eigenvalue weighted by atomic mass is 9.69. The summed E-state index contributed by atoms with van der Waals surface area (Å²) in [5.41, 5.74) is 9.36. The second-order valence-electron chi connectivity index (χ2n) is 5.63. The van der Waals surface area contributed by atoms with Crippen LogP contribution >= 0.6 is 15.9 Å². The molecule has 2 N–H and O–H groups in total. The maximum atomic E-state index is 6.69. The molecule has 2 aromatic carbocycles. The van der Waals surface area contributed by atoms with Gasteiger partial charge in [0.15, 0.2) is 0 Å². The van der Waals surface area contributed by atoms with Crippen molar-refractivity contribution < 1.29 is 0 Å². The molecule has 2 heteroatoms. The van der Waals surface area contributed by atoms with Gasteiger partial charge in [-0.05, 0) is 36.5 Å². The molecule has 0 aliphatic carbocycles. The SMILES string of the molecule is CCC(CC)(c1ccccc1)C(N)Cc1ccccc1Br. The number of hydrogen-bond donors (Lipinski definition) is 1. The summed E-state index contributed by atoms with van der Waals surface area (Å²) in [7, 11) is 0. The van der Waals surface area contributed by atoms with Crippen LogP contribution in [0.5, 0.6) is 0 Å². The number of rotatable bonds is 6. The van der Waals surface area contributed by atoms with E-state index in [4.69, 9.17) is 5.73 Å². The van der Waals surface area contributed by atoms with E-state index in [1.54, 1.807) is 0 Å². The first-order valence-corrected chi connectivity index (χ1v) is 8.48. The Balaban J connectivity index is 2.32. The minimum atomic E-state index is 0.0382. The molecule has 2 aromatic rings. The van der Waals surface area contributed by atoms with E-state index in [0.29, 0.717) is 0 Å². The molecule has 1 unspecified atom stereocenters. The average Bonchev–Trinajstić information content (AvgIpc) is 2.52. The fourth-order valence-electron chi connectivity index (χ4n) is 3.26. The first-order valence-electron chi connectivity index (χ1n) is 7.68. The van der Waals surface area contributed by atoms with Crippen molar-refractivity contribution in [3.05, 3.63) is 70.2 Å². The van der Waals surface area contributed by atoms with E-state index >= 15 is 0 Å². The zero-order valence-corrected chi connectivity index (χ0v) is 14.4. The molecule has 1 atom stereocenters. The van der Waals surface area contributed by atoms with E-state index in [9.17, 15) is 0 Å². The molecule has 0 saturated carbocycles. The smallest absolute Gasteiger partial charge is 0.0207 e. The lowest BCUT2D eigenvalue weighted by Crippen LogP contribution is -2.46. The van der Waals surface area contributed by atoms with E-state index in [-0.39, 0.29) is 11.5 Å². The molecule has 0 radical (unpaired) electrons. The molecule has 0 aliphatic heterocycles. The summed E-state index contributed by atoms with van der Waals surface area (Å²) < 4.78 is 1.15. The summed E-state index contributed by atoms with van der Waals surface area (Å²) in [6.45, 7) is 4.49. The molecule has 0 saturated heterocycles. The van der Waals surface area contributed by atoms with E-state index in [1.807, 2.05) is 6.07 Å². The Kier molecular flexibility index (Phi) is 5.60. The normalized spacial score (nSPS) is 13.1. The average molecular weight is 346 g/mol. The summed E-state index contributed by atoms with van der Waals surface area (Å²) >= 11 is 3.64. The van der Waals surface area contributed by atoms with Crippen molar-refractivity contribution in [2.24, 2.45) is 5.73 Å². The van der Waals surface area contributed by atoms with Gasteiger partial charge in [0, 0.05) is 15.9 Å². The van der Waals surface area contributed by atoms with Crippen LogP contribution in [0.4, 0.5) is 0 Å². The lowest BCUT2D eigenvalue weighted by molar-refractivity contribution is 0.315. The maximum absolute atomic E-state index is 6.69. The van der Waals surface area contributed by atoms with Crippen LogP contribution < -0.4 is 5.73 Å². The molecule has 0 spiro atoms. The largest absolute Gasteiger partial charge is 0.327 e. The Hall–Kier alpha value is -1.12. The Morgan fingerprint density at radius 2 is 1.52 bits per heavy atom. The minimum absolute atomic E-state index is 0.0382. The van der Waals surface area contributed by atoms with E-state index in [1.165, 1.54) is 11.1 Å². The highest BCUT2D eigenvalue weighted by Gasteiger charge is 2.35. The number of benzene rings is 2. The molecule has 0 amide bonds. The molecule has 0 heterocycles. The third kappa shape index (κ3) is 3.38. The molecule has 0 fully saturated rings. The first-order chi connectivity index (χ1) is 10.1. The Labute approximate surface area is 136 Å². The van der Waals surface area contributed by atoms with Crippen molar-refractivity contribution in [1.82, 2.24) is 0 Å². The molecule has 0 aliphatic rings. The number of hydrogen-bond acceptors (Lipinski definition) is 1. The van der Waals surface area contributed by atoms with Gasteiger partial charge >= 0.3 is 0 Å². The fraction of sp³-hybridized carbons (Fsp3) is 0.368. The highest BCUT2D eigenvalue weighted by molar-refractivity contribution is 9.10. The van der Waals surface area contributed by atoms with Gasteiger partial charge < -0.3 is 5.73 Å². The third-order valence-corrected chi connectivity index (χ3v) is 5.49. The summed E-state index contributed by atoms with van der Waals surface area (Å²) in [5, 5.41) is 0. The molecular weight excluding hydrogens is 322 g/mol. The zero-order valence-electron chi connectivity index (χ0n) is 12.9. The van der Waals surface area contributed by atoms with Crippen LogP contribution in [0.2, 0.25) is 0 Å². The molecule has 0 aromatic heterocycles. The van der Waals surface area contributed by atoms with E-state index in [2.05, 4.69) is 78.3 Å². The lowest BCUT2D eigenvalue weighted by Gasteiger charge is -2.38. The van der Waals surface area contributed by atoms with Crippen LogP contribution in [-0.2, 0) is 11.8 Å². The van der Waals surface area contributed by atoms with Crippen molar-refractivity contribution in [1.29, 1.82) is 0 Å². The quantitative estimate of drug-likeness (QED) is 0.776. The molecule has 2 rings (SSSR count). The third-order valence-electron chi connectivity index (χ3n) is 4.72. The first kappa shape index (κ1) is 16.3. The zero-order chi connectivity index (χ0) is 15.3. The molecule has 0 bridgehead atoms. The molecule has 112 valence electrons. The number of halogens is 1. The fourth-order valence-corrected chi connectivity index (χ4v) is 3.71. The van der Waals surface area contributed by atoms with Crippen LogP contribution in [0.15, 0.2) is 59.1 Å². The van der Waals surface area contributed by atoms with Gasteiger partial charge in [-0.2, -0.15) is 0 Å². The molecular formula is C19H24BrN. The van der Waals surface area contributed by atoms with Crippen LogP contribution in [-0.4, -0.2) is 6.04 Å². The molecule has 1 nitrogen and oxygen atoms in total. The maximum Gasteiger partial charge on any atom is 0.0207 e. The summed E-state index contributed by atoms with van der Waals surface area (Å²) in [6.07, 6.45) is 3.00. The van der Waals surface area contributed by atoms with Crippen molar-refractivity contribution in [2.45, 2.75) is 44.6 Å². The van der Waals surface area contributed by atoms with Gasteiger partial charge in [-0.15, -0.1) is 0 Å². The van der Waals surface area contributed by atoms with Gasteiger partial charge in [-0.1, -0.05) is 78.3 Å². The summed E-state index contributed by atoms with van der Waals surface area (Å²) in [6, 6.07) is 19.2. The second kappa shape index (κ2) is 7.24. The standard InChI is InChI=1S/C19H24BrN/c1-3-19(4-2,16-11-6-5-7-12-16)18(21)14-15-10-8-9-13-17(15)20/h5-13,18H,3-4,14,21H2,1-2H3. The minimum Gasteiger partial charge on any atom is -0.327 e. The van der Waals surface area contributed by atoms with E-state index < -0.39 is 0 Å². The number of nitrogens with two attached hydrogens (primary N) is 1. The Morgan fingerprint density at radius 3 is 2.10 bits per heavy atom. The molecule has 21 heavy (non-hydrogen) atoms. The van der Waals surface area contributed by atoms with Crippen LogP contribution in [0.25, 0.3) is 0 Å². The van der Waals surface area contributed by atoms with Crippen molar-refractivity contribution in [3.8, 4) is 0 Å². The predicted octanol–water partition coefficient (Wildman–Crippen LogP) is 5.08. The van der Waals surface area contributed by atoms with E-state index in [0.717, 1.165) is 23.7 Å². The monoisotopic (exact) mass is 345 g/mol. The van der Waals surface area contributed by atoms with Gasteiger partial charge in [0.05, 0.1) is 0 Å². The van der Waals surface area contributed by atoms with Crippen LogP contribution in [0.1, 0.15) is 37.8 Å². The summed E-state index contributed by atoms with van der Waals surface area (Å²) in [5.74, 6) is 0. The summed E-state index contributed by atoms with van der Waals surface area (Å²) in [4.78, 5) is 0.